The molecular weight excluding hydrogens is 439 g/mol. The number of halogens is 2. The molecule has 2 rings (SSSR count). The maximum absolute atomic E-state index is 13.4. The number of amides is 1. The van der Waals surface area contributed by atoms with E-state index in [2.05, 4.69) is 27.8 Å². The number of nitrogens with zero attached hydrogens (tertiary/aromatic N) is 2. The van der Waals surface area contributed by atoms with Gasteiger partial charge in [-0.3, -0.25) is 4.90 Å². The van der Waals surface area contributed by atoms with Gasteiger partial charge < -0.3 is 14.4 Å². The topological polar surface area (TPSA) is 42.0 Å². The van der Waals surface area contributed by atoms with Crippen LogP contribution in [0.1, 0.15) is 53.4 Å². The van der Waals surface area contributed by atoms with Crippen LogP contribution in [0.15, 0.2) is 22.7 Å². The van der Waals surface area contributed by atoms with Crippen molar-refractivity contribution in [1.82, 2.24) is 9.80 Å². The fourth-order valence-electron chi connectivity index (χ4n) is 3.35. The summed E-state index contributed by atoms with van der Waals surface area (Å²) < 4.78 is 25.0. The Morgan fingerprint density at radius 3 is 2.59 bits per heavy atom. The van der Waals surface area contributed by atoms with E-state index in [-0.39, 0.29) is 11.9 Å². The lowest BCUT2D eigenvalue weighted by atomic mass is 10.1. The lowest BCUT2D eigenvalue weighted by Gasteiger charge is -2.40. The molecule has 0 radical (unpaired) electrons. The van der Waals surface area contributed by atoms with E-state index in [0.717, 1.165) is 45.3 Å². The van der Waals surface area contributed by atoms with Crippen molar-refractivity contribution in [1.29, 1.82) is 0 Å². The molecule has 1 heterocycles. The van der Waals surface area contributed by atoms with Crippen LogP contribution in [0.5, 0.6) is 5.75 Å². The summed E-state index contributed by atoms with van der Waals surface area (Å²) in [5.41, 5.74) is -0.452. The van der Waals surface area contributed by atoms with Crippen LogP contribution in [0.4, 0.5) is 9.18 Å². The van der Waals surface area contributed by atoms with Crippen molar-refractivity contribution in [2.75, 3.05) is 32.8 Å². The first kappa shape index (κ1) is 23.9. The molecule has 7 heteroatoms. The van der Waals surface area contributed by atoms with E-state index in [1.807, 2.05) is 25.7 Å². The normalized spacial score (nSPS) is 18.0. The zero-order valence-corrected chi connectivity index (χ0v) is 19.6. The van der Waals surface area contributed by atoms with Gasteiger partial charge in [0.1, 0.15) is 17.2 Å². The summed E-state index contributed by atoms with van der Waals surface area (Å²) in [6, 6.07) is 5.18. The summed E-state index contributed by atoms with van der Waals surface area (Å²) in [7, 11) is 0. The predicted octanol–water partition coefficient (Wildman–Crippen LogP) is 5.47. The van der Waals surface area contributed by atoms with Crippen molar-refractivity contribution in [3.05, 3.63) is 28.5 Å². The van der Waals surface area contributed by atoms with Gasteiger partial charge in [0.05, 0.1) is 11.1 Å². The summed E-state index contributed by atoms with van der Waals surface area (Å²) in [6.07, 6.45) is 4.10. The Balaban J connectivity index is 1.56. The summed E-state index contributed by atoms with van der Waals surface area (Å²) >= 11 is 3.14. The molecule has 0 spiro atoms. The molecule has 164 valence electrons. The molecule has 5 nitrogen and oxygen atoms in total. The second kappa shape index (κ2) is 11.2. The van der Waals surface area contributed by atoms with Gasteiger partial charge in [-0.2, -0.15) is 0 Å². The van der Waals surface area contributed by atoms with Gasteiger partial charge in [-0.1, -0.05) is 12.8 Å². The lowest BCUT2D eigenvalue weighted by Crippen LogP contribution is -2.54. The lowest BCUT2D eigenvalue weighted by molar-refractivity contribution is 0.00560. The monoisotopic (exact) mass is 472 g/mol. The average molecular weight is 473 g/mol. The van der Waals surface area contributed by atoms with E-state index in [0.29, 0.717) is 29.4 Å². The molecule has 0 bridgehead atoms. The molecule has 0 aliphatic carbocycles. The first-order valence-electron chi connectivity index (χ1n) is 10.5. The Kier molecular flexibility index (Phi) is 9.21. The van der Waals surface area contributed by atoms with Crippen molar-refractivity contribution in [2.45, 2.75) is 65.0 Å². The Labute approximate surface area is 182 Å². The van der Waals surface area contributed by atoms with Crippen LogP contribution in [-0.2, 0) is 4.74 Å². The largest absolute Gasteiger partial charge is 0.493 e. The molecule has 1 aliphatic rings. The maximum atomic E-state index is 13.4. The van der Waals surface area contributed by atoms with Crippen molar-refractivity contribution in [2.24, 2.45) is 0 Å². The van der Waals surface area contributed by atoms with Crippen LogP contribution in [0.25, 0.3) is 0 Å². The number of hydrogen-bond acceptors (Lipinski definition) is 4. The highest BCUT2D eigenvalue weighted by molar-refractivity contribution is 9.10. The van der Waals surface area contributed by atoms with Crippen LogP contribution < -0.4 is 4.74 Å². The number of piperazine rings is 1. The molecule has 1 fully saturated rings. The molecule has 1 atom stereocenters. The van der Waals surface area contributed by atoms with Crippen LogP contribution in [0.2, 0.25) is 0 Å². The number of rotatable bonds is 8. The molecule has 0 N–H and O–H groups in total. The molecule has 1 saturated heterocycles. The average Bonchev–Trinajstić information content (AvgIpc) is 2.63. The Bertz CT molecular complexity index is 666. The molecule has 1 aromatic rings. The minimum atomic E-state index is -0.452. The van der Waals surface area contributed by atoms with E-state index in [4.69, 9.17) is 9.47 Å². The number of ether oxygens (including phenoxy) is 2. The number of benzene rings is 1. The predicted molar refractivity (Wildman–Crippen MR) is 117 cm³/mol. The molecule has 0 aromatic heterocycles. The Morgan fingerprint density at radius 1 is 1.21 bits per heavy atom. The van der Waals surface area contributed by atoms with E-state index in [1.54, 1.807) is 12.1 Å². The van der Waals surface area contributed by atoms with Crippen LogP contribution in [0, 0.1) is 5.82 Å². The van der Waals surface area contributed by atoms with Gasteiger partial charge in [-0.05, 0) is 75.1 Å². The second-order valence-corrected chi connectivity index (χ2v) is 9.50. The van der Waals surface area contributed by atoms with E-state index < -0.39 is 5.60 Å². The quantitative estimate of drug-likeness (QED) is 0.470. The Hall–Kier alpha value is -1.34. The number of unbranched alkanes of at least 4 members (excludes halogenated alkanes) is 3. The molecule has 1 amide bonds. The Morgan fingerprint density at radius 2 is 1.93 bits per heavy atom. The highest BCUT2D eigenvalue weighted by Gasteiger charge is 2.29. The summed E-state index contributed by atoms with van der Waals surface area (Å²) in [6.45, 7) is 11.8. The maximum Gasteiger partial charge on any atom is 0.410 e. The fraction of sp³-hybridized carbons (Fsp3) is 0.682. The minimum Gasteiger partial charge on any atom is -0.493 e. The molecule has 0 unspecified atom stereocenters. The highest BCUT2D eigenvalue weighted by atomic mass is 79.9. The smallest absolute Gasteiger partial charge is 0.410 e. The number of carbonyl (C=O) groups excluding carboxylic acids is 1. The van der Waals surface area contributed by atoms with Gasteiger partial charge >= 0.3 is 6.09 Å². The molecule has 0 saturated carbocycles. The van der Waals surface area contributed by atoms with Crippen molar-refractivity contribution >= 4 is 22.0 Å². The standard InChI is InChI=1S/C22H34BrFN2O3/c1-17-16-26(21(27)29-22(2,3)4)13-12-25(17)11-7-5-6-8-14-28-18-9-10-19(23)20(24)15-18/h9-10,15,17H,5-8,11-14,16H2,1-4H3/t17-/m0/s1. The van der Waals surface area contributed by atoms with Crippen molar-refractivity contribution < 1.29 is 18.7 Å². The van der Waals surface area contributed by atoms with Crippen LogP contribution in [-0.4, -0.2) is 60.3 Å². The van der Waals surface area contributed by atoms with Gasteiger partial charge in [0.15, 0.2) is 0 Å². The summed E-state index contributed by atoms with van der Waals surface area (Å²) in [4.78, 5) is 16.5. The summed E-state index contributed by atoms with van der Waals surface area (Å²) in [5.74, 6) is 0.269. The zero-order chi connectivity index (χ0) is 21.4. The van der Waals surface area contributed by atoms with E-state index in [9.17, 15) is 9.18 Å². The first-order chi connectivity index (χ1) is 13.7. The third-order valence-electron chi connectivity index (χ3n) is 4.92. The summed E-state index contributed by atoms with van der Waals surface area (Å²) in [5, 5.41) is 0. The fourth-order valence-corrected chi connectivity index (χ4v) is 3.59. The zero-order valence-electron chi connectivity index (χ0n) is 18.0. The first-order valence-corrected chi connectivity index (χ1v) is 11.2. The van der Waals surface area contributed by atoms with Gasteiger partial charge in [0.2, 0.25) is 0 Å². The van der Waals surface area contributed by atoms with Crippen LogP contribution in [0.3, 0.4) is 0 Å². The third kappa shape index (κ3) is 8.51. The van der Waals surface area contributed by atoms with Gasteiger partial charge in [-0.15, -0.1) is 0 Å². The minimum absolute atomic E-state index is 0.213. The van der Waals surface area contributed by atoms with E-state index >= 15 is 0 Å². The van der Waals surface area contributed by atoms with Gasteiger partial charge in [-0.25, -0.2) is 9.18 Å². The molecular formula is C22H34BrFN2O3. The SMILES string of the molecule is C[C@H]1CN(C(=O)OC(C)(C)C)CCN1CCCCCCOc1ccc(Br)c(F)c1. The number of hydrogen-bond donors (Lipinski definition) is 0. The second-order valence-electron chi connectivity index (χ2n) is 8.65. The van der Waals surface area contributed by atoms with Gasteiger partial charge in [0.25, 0.3) is 0 Å². The highest BCUT2D eigenvalue weighted by Crippen LogP contribution is 2.21. The molecule has 1 aliphatic heterocycles. The van der Waals surface area contributed by atoms with Crippen molar-refractivity contribution in [3.63, 3.8) is 0 Å². The number of carbonyl (C=O) groups is 1. The van der Waals surface area contributed by atoms with Crippen LogP contribution >= 0.6 is 15.9 Å². The third-order valence-corrected chi connectivity index (χ3v) is 5.56. The van der Waals surface area contributed by atoms with Crippen molar-refractivity contribution in [3.8, 4) is 5.75 Å². The molecule has 1 aromatic carbocycles. The van der Waals surface area contributed by atoms with E-state index in [1.165, 1.54) is 6.07 Å². The molecule has 29 heavy (non-hydrogen) atoms. The van der Waals surface area contributed by atoms with Gasteiger partial charge in [0, 0.05) is 31.7 Å².